The molecule has 1 aromatic carbocycles. The van der Waals surface area contributed by atoms with Crippen molar-refractivity contribution in [2.45, 2.75) is 33.1 Å². The summed E-state index contributed by atoms with van der Waals surface area (Å²) < 4.78 is 2.14. The summed E-state index contributed by atoms with van der Waals surface area (Å²) in [5.74, 6) is 1.85. The van der Waals surface area contributed by atoms with Crippen LogP contribution in [-0.2, 0) is 5.41 Å². The molecule has 0 aliphatic rings. The maximum Gasteiger partial charge on any atom is 0.138 e. The van der Waals surface area contributed by atoms with Gasteiger partial charge in [-0.15, -0.1) is 0 Å². The van der Waals surface area contributed by atoms with Gasteiger partial charge in [-0.2, -0.15) is 0 Å². The van der Waals surface area contributed by atoms with E-state index in [1.807, 2.05) is 37.4 Å². The molecule has 0 unspecified atom stereocenters. The summed E-state index contributed by atoms with van der Waals surface area (Å²) in [7, 11) is 0. The zero-order valence-electron chi connectivity index (χ0n) is 15.4. The van der Waals surface area contributed by atoms with E-state index in [-0.39, 0.29) is 5.41 Å². The minimum absolute atomic E-state index is 0.111. The van der Waals surface area contributed by atoms with E-state index in [9.17, 15) is 0 Å². The Morgan fingerprint density at radius 3 is 2.38 bits per heavy atom. The summed E-state index contributed by atoms with van der Waals surface area (Å²) in [4.78, 5) is 18.3. The van der Waals surface area contributed by atoms with Gasteiger partial charge in [0.05, 0.1) is 22.9 Å². The van der Waals surface area contributed by atoms with Gasteiger partial charge in [-0.3, -0.25) is 14.5 Å². The van der Waals surface area contributed by atoms with Gasteiger partial charge in [-0.05, 0) is 31.2 Å². The molecule has 0 aliphatic carbocycles. The van der Waals surface area contributed by atoms with Gasteiger partial charge in [0.2, 0.25) is 0 Å². The van der Waals surface area contributed by atoms with Crippen molar-refractivity contribution in [3.63, 3.8) is 0 Å². The highest BCUT2D eigenvalue weighted by Gasteiger charge is 2.24. The average Bonchev–Trinajstić information content (AvgIpc) is 3.07. The van der Waals surface area contributed by atoms with Gasteiger partial charge in [0.25, 0.3) is 0 Å². The fraction of sp³-hybridized carbons (Fsp3) is 0.238. The van der Waals surface area contributed by atoms with Crippen molar-refractivity contribution in [1.82, 2.24) is 24.5 Å². The van der Waals surface area contributed by atoms with E-state index < -0.39 is 0 Å². The molecule has 5 heteroatoms. The van der Waals surface area contributed by atoms with E-state index in [4.69, 9.17) is 9.97 Å². The third-order valence-corrected chi connectivity index (χ3v) is 4.30. The lowest BCUT2D eigenvalue weighted by molar-refractivity contribution is 0.535. The summed E-state index contributed by atoms with van der Waals surface area (Å²) in [5, 5.41) is 0. The van der Waals surface area contributed by atoms with Gasteiger partial charge in [0, 0.05) is 29.1 Å². The van der Waals surface area contributed by atoms with Crippen LogP contribution in [0.15, 0.2) is 55.0 Å². The first kappa shape index (κ1) is 16.4. The number of nitrogens with zero attached hydrogens (tertiary/aromatic N) is 5. The largest absolute Gasteiger partial charge is 0.280 e. The van der Waals surface area contributed by atoms with Gasteiger partial charge in [-0.25, -0.2) is 9.97 Å². The van der Waals surface area contributed by atoms with Crippen molar-refractivity contribution in [2.75, 3.05) is 0 Å². The Bertz CT molecular complexity index is 1090. The standard InChI is InChI=1S/C21H21N5/c1-14-6-5-7-19(25-14)26-18(13-24-20(26)21(2,3)4)15-8-9-16-17(12-15)23-11-10-22-16/h5-13H,1-4H3. The summed E-state index contributed by atoms with van der Waals surface area (Å²) >= 11 is 0. The van der Waals surface area contributed by atoms with E-state index >= 15 is 0 Å². The molecule has 4 aromatic rings. The minimum atomic E-state index is -0.111. The number of pyridine rings is 1. The van der Waals surface area contributed by atoms with Crippen molar-refractivity contribution in [3.05, 3.63) is 66.5 Å². The number of fused-ring (bicyclic) bond motifs is 1. The second-order valence-electron chi connectivity index (χ2n) is 7.45. The number of hydrogen-bond acceptors (Lipinski definition) is 4. The molecule has 130 valence electrons. The van der Waals surface area contributed by atoms with Crippen molar-refractivity contribution in [1.29, 1.82) is 0 Å². The highest BCUT2D eigenvalue weighted by Crippen LogP contribution is 2.31. The molecule has 0 spiro atoms. The van der Waals surface area contributed by atoms with Crippen LogP contribution in [0.4, 0.5) is 0 Å². The van der Waals surface area contributed by atoms with Crippen LogP contribution in [0, 0.1) is 6.92 Å². The molecule has 0 radical (unpaired) electrons. The maximum atomic E-state index is 4.74. The van der Waals surface area contributed by atoms with Gasteiger partial charge in [-0.1, -0.05) is 32.9 Å². The van der Waals surface area contributed by atoms with Crippen LogP contribution in [0.5, 0.6) is 0 Å². The van der Waals surface area contributed by atoms with Gasteiger partial charge >= 0.3 is 0 Å². The highest BCUT2D eigenvalue weighted by atomic mass is 15.1. The Hall–Kier alpha value is -3.08. The maximum absolute atomic E-state index is 4.74. The fourth-order valence-corrected chi connectivity index (χ4v) is 3.09. The Morgan fingerprint density at radius 2 is 1.65 bits per heavy atom. The van der Waals surface area contributed by atoms with Gasteiger partial charge in [0.15, 0.2) is 0 Å². The lowest BCUT2D eigenvalue weighted by atomic mass is 9.95. The number of aromatic nitrogens is 5. The molecule has 0 aliphatic heterocycles. The highest BCUT2D eigenvalue weighted by molar-refractivity contribution is 5.80. The second-order valence-corrected chi connectivity index (χ2v) is 7.45. The number of imidazole rings is 1. The lowest BCUT2D eigenvalue weighted by Gasteiger charge is -2.21. The van der Waals surface area contributed by atoms with Gasteiger partial charge in [0.1, 0.15) is 11.6 Å². The first-order chi connectivity index (χ1) is 12.4. The van der Waals surface area contributed by atoms with Crippen LogP contribution < -0.4 is 0 Å². The predicted octanol–water partition coefficient (Wildman–Crippen LogP) is 4.48. The Balaban J connectivity index is 1.97. The molecule has 3 aromatic heterocycles. The van der Waals surface area contributed by atoms with E-state index in [0.29, 0.717) is 0 Å². The molecular weight excluding hydrogens is 322 g/mol. The third-order valence-electron chi connectivity index (χ3n) is 4.30. The van der Waals surface area contributed by atoms with Crippen LogP contribution in [0.1, 0.15) is 32.3 Å². The van der Waals surface area contributed by atoms with Crippen LogP contribution in [0.2, 0.25) is 0 Å². The molecule has 0 saturated heterocycles. The van der Waals surface area contributed by atoms with E-state index in [1.54, 1.807) is 12.4 Å². The van der Waals surface area contributed by atoms with Crippen molar-refractivity contribution < 1.29 is 0 Å². The van der Waals surface area contributed by atoms with Crippen LogP contribution in [0.3, 0.4) is 0 Å². The molecule has 5 nitrogen and oxygen atoms in total. The molecule has 0 fully saturated rings. The quantitative estimate of drug-likeness (QED) is 0.538. The number of hydrogen-bond donors (Lipinski definition) is 0. The molecule has 0 saturated carbocycles. The molecule has 0 amide bonds. The second kappa shape index (κ2) is 6.02. The molecule has 0 N–H and O–H groups in total. The van der Waals surface area contributed by atoms with Crippen LogP contribution in [-0.4, -0.2) is 24.5 Å². The minimum Gasteiger partial charge on any atom is -0.280 e. The summed E-state index contributed by atoms with van der Waals surface area (Å²) in [6, 6.07) is 12.2. The van der Waals surface area contributed by atoms with Crippen molar-refractivity contribution in [2.24, 2.45) is 0 Å². The fourth-order valence-electron chi connectivity index (χ4n) is 3.09. The molecule has 3 heterocycles. The summed E-state index contributed by atoms with van der Waals surface area (Å²) in [5.41, 5.74) is 4.66. The zero-order valence-corrected chi connectivity index (χ0v) is 15.4. The normalized spacial score (nSPS) is 11.8. The SMILES string of the molecule is Cc1cccc(-n2c(-c3ccc4nccnc4c3)cnc2C(C)(C)C)n1. The first-order valence-electron chi connectivity index (χ1n) is 8.67. The van der Waals surface area contributed by atoms with E-state index in [1.165, 1.54) is 0 Å². The predicted molar refractivity (Wildman–Crippen MR) is 103 cm³/mol. The number of rotatable bonds is 2. The van der Waals surface area contributed by atoms with E-state index in [2.05, 4.69) is 47.4 Å². The Morgan fingerprint density at radius 1 is 0.885 bits per heavy atom. The Labute approximate surface area is 152 Å². The first-order valence-corrected chi connectivity index (χ1v) is 8.67. The molecule has 26 heavy (non-hydrogen) atoms. The summed E-state index contributed by atoms with van der Waals surface area (Å²) in [6.45, 7) is 8.49. The van der Waals surface area contributed by atoms with E-state index in [0.717, 1.165) is 39.6 Å². The average molecular weight is 343 g/mol. The number of aryl methyl sites for hydroxylation is 1. The molecular formula is C21H21N5. The molecule has 0 bridgehead atoms. The van der Waals surface area contributed by atoms with Crippen molar-refractivity contribution in [3.8, 4) is 17.1 Å². The zero-order chi connectivity index (χ0) is 18.3. The Kier molecular flexibility index (Phi) is 3.80. The summed E-state index contributed by atoms with van der Waals surface area (Å²) in [6.07, 6.45) is 5.34. The smallest absolute Gasteiger partial charge is 0.138 e. The number of benzene rings is 1. The van der Waals surface area contributed by atoms with Crippen LogP contribution in [0.25, 0.3) is 28.1 Å². The lowest BCUT2D eigenvalue weighted by Crippen LogP contribution is -2.19. The van der Waals surface area contributed by atoms with Gasteiger partial charge < -0.3 is 0 Å². The molecule has 0 atom stereocenters. The molecule has 4 rings (SSSR count). The third kappa shape index (κ3) is 2.86. The van der Waals surface area contributed by atoms with Crippen LogP contribution >= 0.6 is 0 Å². The topological polar surface area (TPSA) is 56.5 Å². The van der Waals surface area contributed by atoms with Crippen molar-refractivity contribution >= 4 is 11.0 Å². The monoisotopic (exact) mass is 343 g/mol.